The molecule has 1 aromatic rings. The van der Waals surface area contributed by atoms with E-state index in [0.29, 0.717) is 6.54 Å². The Morgan fingerprint density at radius 2 is 1.96 bits per heavy atom. The largest absolute Gasteiger partial charge is 0.350 e. The minimum Gasteiger partial charge on any atom is -0.350 e. The Kier molecular flexibility index (Phi) is 10.0. The molecule has 0 spiro atoms. The summed E-state index contributed by atoms with van der Waals surface area (Å²) < 4.78 is 0. The molecule has 0 aromatic heterocycles. The van der Waals surface area contributed by atoms with Gasteiger partial charge in [-0.05, 0) is 24.8 Å². The van der Waals surface area contributed by atoms with Gasteiger partial charge in [0, 0.05) is 27.2 Å². The van der Waals surface area contributed by atoms with Gasteiger partial charge in [0.1, 0.15) is 0 Å². The number of carbonyl (C=O) groups is 1. The van der Waals surface area contributed by atoms with E-state index >= 15 is 0 Å². The van der Waals surface area contributed by atoms with Gasteiger partial charge in [0.2, 0.25) is 5.91 Å². The fourth-order valence-electron chi connectivity index (χ4n) is 2.32. The summed E-state index contributed by atoms with van der Waals surface area (Å²) in [6.07, 6.45) is 6.47. The van der Waals surface area contributed by atoms with E-state index in [1.807, 2.05) is 43.5 Å². The fourth-order valence-corrected chi connectivity index (χ4v) is 2.32. The van der Waals surface area contributed by atoms with Gasteiger partial charge in [-0.1, -0.05) is 42.8 Å². The molecule has 132 valence electrons. The Bertz CT molecular complexity index is 513. The average Bonchev–Trinajstić information content (AvgIpc) is 2.61. The number of allylic oxidation sites excluding steroid dienone is 1. The second kappa shape index (κ2) is 12.2. The molecule has 0 radical (unpaired) electrons. The number of carbonyl (C=O) groups excluding carboxylic acids is 1. The quantitative estimate of drug-likeness (QED) is 0.300. The first kappa shape index (κ1) is 19.7. The van der Waals surface area contributed by atoms with E-state index in [-0.39, 0.29) is 12.5 Å². The number of benzene rings is 1. The second-order valence-electron chi connectivity index (χ2n) is 5.72. The summed E-state index contributed by atoms with van der Waals surface area (Å²) in [5.41, 5.74) is 1.09. The first-order valence-electron chi connectivity index (χ1n) is 8.50. The molecule has 5 nitrogen and oxygen atoms in total. The Labute approximate surface area is 145 Å². The van der Waals surface area contributed by atoms with Crippen LogP contribution in [0, 0.1) is 0 Å². The number of rotatable bonds is 10. The van der Waals surface area contributed by atoms with Crippen LogP contribution < -0.4 is 10.6 Å². The van der Waals surface area contributed by atoms with Crippen molar-refractivity contribution in [1.29, 1.82) is 0 Å². The number of hydrogen-bond acceptors (Lipinski definition) is 2. The lowest BCUT2D eigenvalue weighted by Crippen LogP contribution is -2.44. The van der Waals surface area contributed by atoms with Crippen LogP contribution in [-0.2, 0) is 11.3 Å². The second-order valence-corrected chi connectivity index (χ2v) is 5.72. The SMILES string of the molecule is C=CCCCCCN(C)C(=NC)NCC(=O)NCc1ccccc1. The minimum atomic E-state index is -0.0422. The van der Waals surface area contributed by atoms with Gasteiger partial charge < -0.3 is 15.5 Å². The van der Waals surface area contributed by atoms with Gasteiger partial charge in [-0.15, -0.1) is 6.58 Å². The van der Waals surface area contributed by atoms with E-state index in [4.69, 9.17) is 0 Å². The number of unbranched alkanes of at least 4 members (excludes halogenated alkanes) is 3. The summed E-state index contributed by atoms with van der Waals surface area (Å²) in [7, 11) is 3.73. The van der Waals surface area contributed by atoms with Crippen LogP contribution in [0.3, 0.4) is 0 Å². The minimum absolute atomic E-state index is 0.0422. The molecule has 0 bridgehead atoms. The van der Waals surface area contributed by atoms with Gasteiger partial charge in [-0.3, -0.25) is 9.79 Å². The Hall–Kier alpha value is -2.30. The summed E-state index contributed by atoms with van der Waals surface area (Å²) in [5, 5.41) is 6.00. The molecule has 2 N–H and O–H groups in total. The van der Waals surface area contributed by atoms with Crippen LogP contribution in [0.4, 0.5) is 0 Å². The van der Waals surface area contributed by atoms with Crippen LogP contribution in [0.2, 0.25) is 0 Å². The molecule has 0 heterocycles. The topological polar surface area (TPSA) is 56.7 Å². The smallest absolute Gasteiger partial charge is 0.239 e. The highest BCUT2D eigenvalue weighted by molar-refractivity contribution is 5.86. The molecule has 0 aliphatic heterocycles. The number of nitrogens with one attached hydrogen (secondary N) is 2. The van der Waals surface area contributed by atoms with Crippen molar-refractivity contribution in [2.75, 3.05) is 27.2 Å². The molecule has 0 aliphatic rings. The van der Waals surface area contributed by atoms with Gasteiger partial charge >= 0.3 is 0 Å². The van der Waals surface area contributed by atoms with E-state index in [1.165, 1.54) is 12.8 Å². The lowest BCUT2D eigenvalue weighted by Gasteiger charge is -2.21. The van der Waals surface area contributed by atoms with Crippen molar-refractivity contribution in [3.05, 3.63) is 48.6 Å². The Balaban J connectivity index is 2.24. The van der Waals surface area contributed by atoms with E-state index in [9.17, 15) is 4.79 Å². The summed E-state index contributed by atoms with van der Waals surface area (Å²) in [5.74, 6) is 0.702. The maximum atomic E-state index is 11.9. The monoisotopic (exact) mass is 330 g/mol. The highest BCUT2D eigenvalue weighted by atomic mass is 16.1. The van der Waals surface area contributed by atoms with Crippen LogP contribution in [-0.4, -0.2) is 44.0 Å². The van der Waals surface area contributed by atoms with Gasteiger partial charge in [0.25, 0.3) is 0 Å². The predicted octanol–water partition coefficient (Wildman–Crippen LogP) is 2.56. The molecule has 1 rings (SSSR count). The van der Waals surface area contributed by atoms with Crippen LogP contribution in [0.5, 0.6) is 0 Å². The summed E-state index contributed by atoms with van der Waals surface area (Å²) in [6, 6.07) is 9.88. The third-order valence-electron chi connectivity index (χ3n) is 3.71. The van der Waals surface area contributed by atoms with Crippen molar-refractivity contribution in [3.8, 4) is 0 Å². The molecule has 0 fully saturated rings. The maximum Gasteiger partial charge on any atom is 0.239 e. The Morgan fingerprint density at radius 1 is 1.21 bits per heavy atom. The molecular weight excluding hydrogens is 300 g/mol. The molecule has 5 heteroatoms. The van der Waals surface area contributed by atoms with Crippen molar-refractivity contribution in [3.63, 3.8) is 0 Å². The van der Waals surface area contributed by atoms with Gasteiger partial charge in [-0.2, -0.15) is 0 Å². The van der Waals surface area contributed by atoms with E-state index < -0.39 is 0 Å². The highest BCUT2D eigenvalue weighted by Gasteiger charge is 2.07. The van der Waals surface area contributed by atoms with Crippen molar-refractivity contribution < 1.29 is 4.79 Å². The third-order valence-corrected chi connectivity index (χ3v) is 3.71. The zero-order valence-corrected chi connectivity index (χ0v) is 14.9. The van der Waals surface area contributed by atoms with Gasteiger partial charge in [0.15, 0.2) is 5.96 Å². The molecule has 1 aromatic carbocycles. The van der Waals surface area contributed by atoms with E-state index in [0.717, 1.165) is 30.9 Å². The molecule has 0 aliphatic carbocycles. The van der Waals surface area contributed by atoms with Crippen LogP contribution in [0.25, 0.3) is 0 Å². The average molecular weight is 330 g/mol. The number of nitrogens with zero attached hydrogens (tertiary/aromatic N) is 2. The summed E-state index contributed by atoms with van der Waals surface area (Å²) in [6.45, 7) is 5.42. The number of hydrogen-bond donors (Lipinski definition) is 2. The first-order chi connectivity index (χ1) is 11.7. The third kappa shape index (κ3) is 8.36. The highest BCUT2D eigenvalue weighted by Crippen LogP contribution is 2.01. The fraction of sp³-hybridized carbons (Fsp3) is 0.474. The maximum absolute atomic E-state index is 11.9. The summed E-state index contributed by atoms with van der Waals surface area (Å²) >= 11 is 0. The van der Waals surface area contributed by atoms with E-state index in [1.54, 1.807) is 7.05 Å². The van der Waals surface area contributed by atoms with E-state index in [2.05, 4.69) is 27.1 Å². The lowest BCUT2D eigenvalue weighted by atomic mass is 10.2. The number of guanidine groups is 1. The van der Waals surface area contributed by atoms with Gasteiger partial charge in [-0.25, -0.2) is 0 Å². The normalized spacial score (nSPS) is 11.0. The molecule has 0 atom stereocenters. The molecular formula is C19H30N4O. The number of aliphatic imine (C=N–C) groups is 1. The standard InChI is InChI=1S/C19H30N4O/c1-4-5-6-7-11-14-23(3)19(20-2)22-16-18(24)21-15-17-12-9-8-10-13-17/h4,8-10,12-13H,1,5-7,11,14-16H2,2-3H3,(H,20,22)(H,21,24). The molecule has 0 unspecified atom stereocenters. The van der Waals surface area contributed by atoms with Crippen LogP contribution in [0.15, 0.2) is 48.0 Å². The molecule has 0 saturated carbocycles. The van der Waals surface area contributed by atoms with Crippen molar-refractivity contribution in [1.82, 2.24) is 15.5 Å². The zero-order chi connectivity index (χ0) is 17.6. The lowest BCUT2D eigenvalue weighted by molar-refractivity contribution is -0.120. The first-order valence-corrected chi connectivity index (χ1v) is 8.50. The molecule has 1 amide bonds. The zero-order valence-electron chi connectivity index (χ0n) is 14.9. The molecule has 0 saturated heterocycles. The van der Waals surface area contributed by atoms with Gasteiger partial charge in [0.05, 0.1) is 6.54 Å². The summed E-state index contributed by atoms with van der Waals surface area (Å²) in [4.78, 5) is 18.2. The number of amides is 1. The van der Waals surface area contributed by atoms with Crippen LogP contribution >= 0.6 is 0 Å². The van der Waals surface area contributed by atoms with Crippen molar-refractivity contribution in [2.24, 2.45) is 4.99 Å². The van der Waals surface area contributed by atoms with Crippen molar-refractivity contribution >= 4 is 11.9 Å². The predicted molar refractivity (Wildman–Crippen MR) is 101 cm³/mol. The van der Waals surface area contributed by atoms with Crippen LogP contribution in [0.1, 0.15) is 31.2 Å². The Morgan fingerprint density at radius 3 is 2.62 bits per heavy atom. The van der Waals surface area contributed by atoms with Crippen molar-refractivity contribution in [2.45, 2.75) is 32.2 Å². The molecule has 24 heavy (non-hydrogen) atoms.